The van der Waals surface area contributed by atoms with Crippen LogP contribution in [0.15, 0.2) is 48.5 Å². The molecule has 1 saturated heterocycles. The second-order valence-corrected chi connectivity index (χ2v) is 6.58. The average Bonchev–Trinajstić information content (AvgIpc) is 2.72. The Kier molecular flexibility index (Phi) is 6.30. The fraction of sp³-hybridized carbons (Fsp3) is 0.333. The molecular weight excluding hydrogens is 344 g/mol. The van der Waals surface area contributed by atoms with Gasteiger partial charge in [-0.2, -0.15) is 0 Å². The second kappa shape index (κ2) is 9.07. The topological polar surface area (TPSA) is 78.9 Å². The first-order chi connectivity index (χ1) is 13.1. The molecule has 0 aromatic heterocycles. The molecule has 0 amide bonds. The summed E-state index contributed by atoms with van der Waals surface area (Å²) in [7, 11) is 0. The van der Waals surface area contributed by atoms with Crippen LogP contribution >= 0.6 is 0 Å². The Hall–Kier alpha value is -3.02. The number of ether oxygens (including phenoxy) is 1. The Labute approximate surface area is 158 Å². The van der Waals surface area contributed by atoms with E-state index in [2.05, 4.69) is 10.2 Å². The van der Waals surface area contributed by atoms with E-state index in [1.165, 1.54) is 31.4 Å². The number of ketones is 1. The lowest BCUT2D eigenvalue weighted by Crippen LogP contribution is -2.30. The molecule has 6 nitrogen and oxygen atoms in total. The molecule has 0 aliphatic carbocycles. The molecule has 2 aromatic rings. The Bertz CT molecular complexity index is 800. The molecule has 1 aliphatic heterocycles. The second-order valence-electron chi connectivity index (χ2n) is 6.58. The van der Waals surface area contributed by atoms with Crippen molar-refractivity contribution >= 4 is 23.1 Å². The highest BCUT2D eigenvalue weighted by Crippen LogP contribution is 2.30. The van der Waals surface area contributed by atoms with Gasteiger partial charge in [-0.05, 0) is 49.6 Å². The number of carboxylic acid groups (broad SMARTS) is 1. The lowest BCUT2D eigenvalue weighted by Gasteiger charge is -2.30. The normalized spacial score (nSPS) is 13.9. The Morgan fingerprint density at radius 1 is 1.04 bits per heavy atom. The highest BCUT2D eigenvalue weighted by molar-refractivity contribution is 5.89. The van der Waals surface area contributed by atoms with E-state index >= 15 is 0 Å². The van der Waals surface area contributed by atoms with Crippen LogP contribution in [-0.2, 0) is 4.79 Å². The Balaban J connectivity index is 1.54. The number of carbonyl (C=O) groups excluding carboxylic acids is 1. The molecule has 0 bridgehead atoms. The van der Waals surface area contributed by atoms with E-state index in [-0.39, 0.29) is 24.5 Å². The SMILES string of the molecule is O=C(CNc1cccc(C(=O)O)c1)COc1ccccc1N1CCCCC1. The third-order valence-corrected chi connectivity index (χ3v) is 4.55. The number of nitrogens with zero attached hydrogens (tertiary/aromatic N) is 1. The minimum absolute atomic E-state index is 0.0313. The van der Waals surface area contributed by atoms with Gasteiger partial charge in [0.2, 0.25) is 0 Å². The third kappa shape index (κ3) is 5.23. The number of nitrogens with one attached hydrogen (secondary N) is 1. The molecular formula is C21H24N2O4. The highest BCUT2D eigenvalue weighted by atomic mass is 16.5. The number of benzene rings is 2. The number of Topliss-reactive ketones (excluding diaryl/α,β-unsaturated/α-hetero) is 1. The van der Waals surface area contributed by atoms with E-state index in [4.69, 9.17) is 9.84 Å². The van der Waals surface area contributed by atoms with E-state index in [9.17, 15) is 9.59 Å². The lowest BCUT2D eigenvalue weighted by molar-refractivity contribution is -0.119. The van der Waals surface area contributed by atoms with Crippen molar-refractivity contribution in [1.82, 2.24) is 0 Å². The molecule has 142 valence electrons. The van der Waals surface area contributed by atoms with Gasteiger partial charge in [0.25, 0.3) is 0 Å². The van der Waals surface area contributed by atoms with Crippen molar-refractivity contribution in [3.8, 4) is 5.75 Å². The number of aromatic carboxylic acids is 1. The number of carbonyl (C=O) groups is 2. The number of hydrogen-bond donors (Lipinski definition) is 2. The summed E-state index contributed by atoms with van der Waals surface area (Å²) in [5.74, 6) is -0.382. The van der Waals surface area contributed by atoms with E-state index in [1.54, 1.807) is 12.1 Å². The first kappa shape index (κ1) is 18.8. The highest BCUT2D eigenvalue weighted by Gasteiger charge is 2.15. The molecule has 0 saturated carbocycles. The van der Waals surface area contributed by atoms with Gasteiger partial charge < -0.3 is 20.1 Å². The number of rotatable bonds is 8. The van der Waals surface area contributed by atoms with Gasteiger partial charge in [-0.15, -0.1) is 0 Å². The van der Waals surface area contributed by atoms with Gasteiger partial charge in [-0.1, -0.05) is 18.2 Å². The minimum Gasteiger partial charge on any atom is -0.484 e. The zero-order valence-electron chi connectivity index (χ0n) is 15.2. The van der Waals surface area contributed by atoms with Gasteiger partial charge in [-0.3, -0.25) is 4.79 Å². The Morgan fingerprint density at radius 2 is 1.81 bits per heavy atom. The summed E-state index contributed by atoms with van der Waals surface area (Å²) in [5.41, 5.74) is 1.81. The summed E-state index contributed by atoms with van der Waals surface area (Å²) < 4.78 is 5.78. The largest absolute Gasteiger partial charge is 0.484 e. The molecule has 2 N–H and O–H groups in total. The average molecular weight is 368 g/mol. The van der Waals surface area contributed by atoms with Crippen molar-refractivity contribution in [2.75, 3.05) is 36.5 Å². The van der Waals surface area contributed by atoms with Crippen molar-refractivity contribution in [2.24, 2.45) is 0 Å². The van der Waals surface area contributed by atoms with Gasteiger partial charge >= 0.3 is 5.97 Å². The summed E-state index contributed by atoms with van der Waals surface area (Å²) in [5, 5.41) is 12.0. The van der Waals surface area contributed by atoms with E-state index in [1.807, 2.05) is 24.3 Å². The van der Waals surface area contributed by atoms with Gasteiger partial charge in [-0.25, -0.2) is 4.79 Å². The van der Waals surface area contributed by atoms with Crippen LogP contribution in [0.5, 0.6) is 5.75 Å². The van der Waals surface area contributed by atoms with E-state index in [0.29, 0.717) is 5.69 Å². The zero-order valence-corrected chi connectivity index (χ0v) is 15.2. The van der Waals surface area contributed by atoms with Crippen LogP contribution in [0.3, 0.4) is 0 Å². The number of piperidine rings is 1. The monoisotopic (exact) mass is 368 g/mol. The maximum atomic E-state index is 12.2. The van der Waals surface area contributed by atoms with Crippen LogP contribution < -0.4 is 15.0 Å². The lowest BCUT2D eigenvalue weighted by atomic mass is 10.1. The van der Waals surface area contributed by atoms with Crippen LogP contribution in [0, 0.1) is 0 Å². The number of carboxylic acids is 1. The Morgan fingerprint density at radius 3 is 2.59 bits per heavy atom. The van der Waals surface area contributed by atoms with Gasteiger partial charge in [0, 0.05) is 18.8 Å². The molecule has 0 spiro atoms. The van der Waals surface area contributed by atoms with Crippen LogP contribution in [-0.4, -0.2) is 43.1 Å². The molecule has 1 aliphatic rings. The molecule has 3 rings (SSSR count). The summed E-state index contributed by atoms with van der Waals surface area (Å²) in [6.07, 6.45) is 3.60. The summed E-state index contributed by atoms with van der Waals surface area (Å²) in [6, 6.07) is 14.2. The molecule has 2 aromatic carbocycles. The van der Waals surface area contributed by atoms with Gasteiger partial charge in [0.15, 0.2) is 5.78 Å². The van der Waals surface area contributed by atoms with Crippen molar-refractivity contribution in [3.63, 3.8) is 0 Å². The van der Waals surface area contributed by atoms with E-state index in [0.717, 1.165) is 24.5 Å². The molecule has 27 heavy (non-hydrogen) atoms. The predicted octanol–water partition coefficient (Wildman–Crippen LogP) is 3.44. The molecule has 1 fully saturated rings. The number of para-hydroxylation sites is 2. The first-order valence-corrected chi connectivity index (χ1v) is 9.19. The number of hydrogen-bond acceptors (Lipinski definition) is 5. The molecule has 1 heterocycles. The van der Waals surface area contributed by atoms with Crippen molar-refractivity contribution in [1.29, 1.82) is 0 Å². The maximum Gasteiger partial charge on any atom is 0.335 e. The zero-order chi connectivity index (χ0) is 19.1. The summed E-state index contributed by atoms with van der Waals surface area (Å²) in [4.78, 5) is 25.5. The van der Waals surface area contributed by atoms with Crippen molar-refractivity contribution in [2.45, 2.75) is 19.3 Å². The smallest absolute Gasteiger partial charge is 0.335 e. The third-order valence-electron chi connectivity index (χ3n) is 4.55. The summed E-state index contributed by atoms with van der Waals surface area (Å²) in [6.45, 7) is 2.07. The molecule has 0 radical (unpaired) electrons. The minimum atomic E-state index is -0.998. The quantitative estimate of drug-likeness (QED) is 0.743. The van der Waals surface area contributed by atoms with Gasteiger partial charge in [0.1, 0.15) is 12.4 Å². The maximum absolute atomic E-state index is 12.2. The van der Waals surface area contributed by atoms with Crippen LogP contribution in [0.1, 0.15) is 29.6 Å². The fourth-order valence-electron chi connectivity index (χ4n) is 3.15. The standard InChI is InChI=1S/C21H24N2O4/c24-18(14-22-17-8-6-7-16(13-17)21(25)26)15-27-20-10-3-2-9-19(20)23-11-4-1-5-12-23/h2-3,6-10,13,22H,1,4-5,11-12,14-15H2,(H,25,26). The van der Waals surface area contributed by atoms with Crippen molar-refractivity contribution in [3.05, 3.63) is 54.1 Å². The first-order valence-electron chi connectivity index (χ1n) is 9.19. The van der Waals surface area contributed by atoms with E-state index < -0.39 is 5.97 Å². The van der Waals surface area contributed by atoms with Gasteiger partial charge in [0.05, 0.1) is 17.8 Å². The molecule has 0 unspecified atom stereocenters. The van der Waals surface area contributed by atoms with Crippen molar-refractivity contribution < 1.29 is 19.4 Å². The molecule has 0 atom stereocenters. The number of anilines is 2. The summed E-state index contributed by atoms with van der Waals surface area (Å²) >= 11 is 0. The van der Waals surface area contributed by atoms with Crippen LogP contribution in [0.25, 0.3) is 0 Å². The van der Waals surface area contributed by atoms with Crippen LogP contribution in [0.4, 0.5) is 11.4 Å². The predicted molar refractivity (Wildman–Crippen MR) is 105 cm³/mol. The fourth-order valence-corrected chi connectivity index (χ4v) is 3.15. The van der Waals surface area contributed by atoms with Crippen LogP contribution in [0.2, 0.25) is 0 Å². The molecule has 6 heteroatoms.